The van der Waals surface area contributed by atoms with E-state index >= 15 is 0 Å². The van der Waals surface area contributed by atoms with Crippen molar-refractivity contribution >= 4 is 17.7 Å². The van der Waals surface area contributed by atoms with Crippen LogP contribution in [-0.4, -0.2) is 27.9 Å². The monoisotopic (exact) mass is 184 g/mol. The predicted octanol–water partition coefficient (Wildman–Crippen LogP) is 0.227. The third-order valence-electron chi connectivity index (χ3n) is 1.10. The first-order chi connectivity index (χ1) is 5.93. The van der Waals surface area contributed by atoms with E-state index in [9.17, 15) is 14.4 Å². The van der Waals surface area contributed by atoms with E-state index < -0.39 is 17.7 Å². The number of carbonyl (C=O) groups is 3. The van der Waals surface area contributed by atoms with Crippen molar-refractivity contribution in [1.82, 2.24) is 0 Å². The summed E-state index contributed by atoms with van der Waals surface area (Å²) in [5, 5.41) is 16.4. The van der Waals surface area contributed by atoms with Gasteiger partial charge < -0.3 is 10.2 Å². The Kier molecular flexibility index (Phi) is 4.15. The third-order valence-corrected chi connectivity index (χ3v) is 1.10. The van der Waals surface area contributed by atoms with Crippen LogP contribution in [0.4, 0.5) is 0 Å². The van der Waals surface area contributed by atoms with Crippen molar-refractivity contribution in [3.05, 3.63) is 24.3 Å². The average Bonchev–Trinajstić information content (AvgIpc) is 2.00. The summed E-state index contributed by atoms with van der Waals surface area (Å²) in [7, 11) is 0. The number of allylic oxidation sites excluding steroid dienone is 1. The van der Waals surface area contributed by atoms with Crippen LogP contribution < -0.4 is 0 Å². The maximum atomic E-state index is 10.8. The molecule has 0 unspecified atom stereocenters. The lowest BCUT2D eigenvalue weighted by atomic mass is 10.1. The molecule has 0 aliphatic rings. The number of carbonyl (C=O) groups excluding carboxylic acids is 1. The Morgan fingerprint density at radius 1 is 1.15 bits per heavy atom. The molecule has 0 heterocycles. The first-order valence-electron chi connectivity index (χ1n) is 3.28. The fourth-order valence-electron chi connectivity index (χ4n) is 0.509. The second kappa shape index (κ2) is 4.87. The molecule has 0 aliphatic heterocycles. The minimum absolute atomic E-state index is 0.264. The summed E-state index contributed by atoms with van der Waals surface area (Å²) < 4.78 is 0. The zero-order valence-electron chi connectivity index (χ0n) is 6.69. The number of aliphatic carboxylic acids is 2. The summed E-state index contributed by atoms with van der Waals surface area (Å²) in [5.41, 5.74) is -0.264. The molecule has 0 amide bonds. The van der Waals surface area contributed by atoms with Crippen LogP contribution in [0.3, 0.4) is 0 Å². The molecule has 5 heteroatoms. The quantitative estimate of drug-likeness (QED) is 0.596. The molecule has 0 saturated carbocycles. The van der Waals surface area contributed by atoms with Crippen molar-refractivity contribution in [3.8, 4) is 0 Å². The number of hydrogen-bond donors (Lipinski definition) is 2. The molecule has 0 bridgehead atoms. The van der Waals surface area contributed by atoms with Crippen molar-refractivity contribution in [2.45, 2.75) is 6.42 Å². The minimum atomic E-state index is -1.27. The van der Waals surface area contributed by atoms with Gasteiger partial charge in [0.2, 0.25) is 0 Å². The van der Waals surface area contributed by atoms with E-state index in [2.05, 4.69) is 6.58 Å². The van der Waals surface area contributed by atoms with E-state index in [0.717, 1.165) is 6.08 Å². The van der Waals surface area contributed by atoms with Crippen molar-refractivity contribution in [3.63, 3.8) is 0 Å². The molecule has 70 valence electrons. The predicted molar refractivity (Wildman–Crippen MR) is 43.2 cm³/mol. The van der Waals surface area contributed by atoms with Gasteiger partial charge >= 0.3 is 11.9 Å². The molecule has 0 saturated heterocycles. The summed E-state index contributed by atoms with van der Waals surface area (Å²) in [5.74, 6) is -3.12. The Morgan fingerprint density at radius 2 is 1.69 bits per heavy atom. The second-order valence-electron chi connectivity index (χ2n) is 2.22. The van der Waals surface area contributed by atoms with Gasteiger partial charge in [-0.2, -0.15) is 0 Å². The zero-order chi connectivity index (χ0) is 10.4. The van der Waals surface area contributed by atoms with Crippen LogP contribution in [0.5, 0.6) is 0 Å². The Labute approximate surface area is 74.0 Å². The highest BCUT2D eigenvalue weighted by Gasteiger charge is 2.07. The molecule has 0 fully saturated rings. The highest BCUT2D eigenvalue weighted by molar-refractivity contribution is 6.01. The maximum Gasteiger partial charge on any atom is 0.331 e. The molecule has 0 aromatic carbocycles. The Morgan fingerprint density at radius 3 is 2.08 bits per heavy atom. The van der Waals surface area contributed by atoms with Crippen molar-refractivity contribution in [2.24, 2.45) is 0 Å². The molecular formula is C8H8O5. The van der Waals surface area contributed by atoms with Gasteiger partial charge in [0.25, 0.3) is 0 Å². The van der Waals surface area contributed by atoms with Gasteiger partial charge in [-0.3, -0.25) is 4.79 Å². The minimum Gasteiger partial charge on any atom is -0.478 e. The van der Waals surface area contributed by atoms with E-state index in [4.69, 9.17) is 10.2 Å². The zero-order valence-corrected chi connectivity index (χ0v) is 6.69. The van der Waals surface area contributed by atoms with Gasteiger partial charge in [-0.1, -0.05) is 6.58 Å². The fourth-order valence-corrected chi connectivity index (χ4v) is 0.509. The first kappa shape index (κ1) is 11.1. The van der Waals surface area contributed by atoms with Crippen molar-refractivity contribution in [2.75, 3.05) is 0 Å². The maximum absolute atomic E-state index is 10.8. The van der Waals surface area contributed by atoms with Crippen LogP contribution >= 0.6 is 0 Å². The smallest absolute Gasteiger partial charge is 0.331 e. The van der Waals surface area contributed by atoms with Gasteiger partial charge in [-0.05, 0) is 6.08 Å². The van der Waals surface area contributed by atoms with Crippen LogP contribution in [-0.2, 0) is 14.4 Å². The van der Waals surface area contributed by atoms with Crippen LogP contribution in [0.25, 0.3) is 0 Å². The summed E-state index contributed by atoms with van der Waals surface area (Å²) in [6.45, 7) is 3.12. The summed E-state index contributed by atoms with van der Waals surface area (Å²) in [4.78, 5) is 30.9. The SMILES string of the molecule is C=C(CC(=O)/C=C/C(=O)O)C(=O)O. The average molecular weight is 184 g/mol. The van der Waals surface area contributed by atoms with E-state index in [1.807, 2.05) is 0 Å². The van der Waals surface area contributed by atoms with Gasteiger partial charge in [0.05, 0.1) is 0 Å². The number of ketones is 1. The number of carboxylic acid groups (broad SMARTS) is 2. The highest BCUT2D eigenvalue weighted by atomic mass is 16.4. The standard InChI is InChI=1S/C8H8O5/c1-5(8(12)13)4-6(9)2-3-7(10)11/h2-3H,1,4H2,(H,10,11)(H,12,13)/b3-2+. The number of carboxylic acids is 2. The van der Waals surface area contributed by atoms with Crippen molar-refractivity contribution in [1.29, 1.82) is 0 Å². The number of hydrogen-bond acceptors (Lipinski definition) is 3. The van der Waals surface area contributed by atoms with E-state index in [1.165, 1.54) is 0 Å². The van der Waals surface area contributed by atoms with Gasteiger partial charge in [0.1, 0.15) is 0 Å². The van der Waals surface area contributed by atoms with Crippen molar-refractivity contribution < 1.29 is 24.6 Å². The summed E-state index contributed by atoms with van der Waals surface area (Å²) in [6.07, 6.45) is 1.08. The molecule has 0 aromatic heterocycles. The molecule has 0 aromatic rings. The Hall–Kier alpha value is -1.91. The van der Waals surface area contributed by atoms with Crippen LogP contribution in [0.15, 0.2) is 24.3 Å². The normalized spacial score (nSPS) is 9.85. The number of rotatable bonds is 5. The van der Waals surface area contributed by atoms with Gasteiger partial charge in [-0.25, -0.2) is 9.59 Å². The summed E-state index contributed by atoms with van der Waals surface area (Å²) in [6, 6.07) is 0. The molecule has 2 N–H and O–H groups in total. The molecule has 0 atom stereocenters. The molecule has 0 rings (SSSR count). The molecule has 13 heavy (non-hydrogen) atoms. The topological polar surface area (TPSA) is 91.7 Å². The van der Waals surface area contributed by atoms with Gasteiger partial charge in [0.15, 0.2) is 5.78 Å². The Bertz CT molecular complexity index is 287. The first-order valence-corrected chi connectivity index (χ1v) is 3.28. The molecule has 0 spiro atoms. The molecule has 5 nitrogen and oxygen atoms in total. The van der Waals surface area contributed by atoms with Gasteiger partial charge in [-0.15, -0.1) is 0 Å². The lowest BCUT2D eigenvalue weighted by molar-refractivity contribution is -0.133. The lowest BCUT2D eigenvalue weighted by Crippen LogP contribution is -2.04. The molecule has 0 radical (unpaired) electrons. The largest absolute Gasteiger partial charge is 0.478 e. The van der Waals surface area contributed by atoms with E-state index in [1.54, 1.807) is 0 Å². The van der Waals surface area contributed by atoms with Crippen LogP contribution in [0.2, 0.25) is 0 Å². The fraction of sp³-hybridized carbons (Fsp3) is 0.125. The van der Waals surface area contributed by atoms with Crippen LogP contribution in [0, 0.1) is 0 Å². The summed E-state index contributed by atoms with van der Waals surface area (Å²) >= 11 is 0. The molecular weight excluding hydrogens is 176 g/mol. The van der Waals surface area contributed by atoms with E-state index in [-0.39, 0.29) is 12.0 Å². The van der Waals surface area contributed by atoms with Gasteiger partial charge in [0, 0.05) is 18.1 Å². The third kappa shape index (κ3) is 5.37. The second-order valence-corrected chi connectivity index (χ2v) is 2.22. The van der Waals surface area contributed by atoms with E-state index in [0.29, 0.717) is 6.08 Å². The highest BCUT2D eigenvalue weighted by Crippen LogP contribution is 1.99. The Balaban J connectivity index is 4.10. The lowest BCUT2D eigenvalue weighted by Gasteiger charge is -1.93. The van der Waals surface area contributed by atoms with Crippen LogP contribution in [0.1, 0.15) is 6.42 Å². The molecule has 0 aliphatic carbocycles.